The number of aromatic nitrogens is 3. The van der Waals surface area contributed by atoms with Gasteiger partial charge in [0.2, 0.25) is 0 Å². The van der Waals surface area contributed by atoms with E-state index < -0.39 is 5.97 Å². The highest BCUT2D eigenvalue weighted by Gasteiger charge is 2.10. The molecule has 0 aliphatic heterocycles. The molecular formula is C35H38Cl4N4O2S. The van der Waals surface area contributed by atoms with Gasteiger partial charge in [-0.15, -0.1) is 11.8 Å². The fourth-order valence-corrected chi connectivity index (χ4v) is 5.76. The molecule has 46 heavy (non-hydrogen) atoms. The van der Waals surface area contributed by atoms with E-state index in [2.05, 4.69) is 33.3 Å². The Balaban J connectivity index is 0.000000323. The SMILES string of the molecule is CSc1c[nH]c2cc(Cl)c(C)cc12.Cc1cc2cc[nH]c2cc1Cl.Cc1ccc(N)cc1Cl.O=C(O)c1cc2cc[nH]c2cc1Cl.[HH].[HH].[HH]. The maximum Gasteiger partial charge on any atom is 0.337 e. The number of nitrogens with two attached hydrogens (primary N) is 1. The molecule has 6 N–H and O–H groups in total. The highest BCUT2D eigenvalue weighted by molar-refractivity contribution is 7.98. The molecule has 4 aromatic carbocycles. The van der Waals surface area contributed by atoms with Gasteiger partial charge in [0.25, 0.3) is 0 Å². The van der Waals surface area contributed by atoms with Crippen LogP contribution < -0.4 is 5.73 Å². The zero-order chi connectivity index (χ0) is 33.5. The van der Waals surface area contributed by atoms with Gasteiger partial charge < -0.3 is 25.8 Å². The molecule has 7 rings (SSSR count). The van der Waals surface area contributed by atoms with E-state index >= 15 is 0 Å². The van der Waals surface area contributed by atoms with Crippen molar-refractivity contribution in [3.63, 3.8) is 0 Å². The first-order valence-corrected chi connectivity index (χ1v) is 16.7. The van der Waals surface area contributed by atoms with Crippen LogP contribution in [0.1, 0.15) is 31.3 Å². The number of rotatable bonds is 2. The Morgan fingerprint density at radius 1 is 0.696 bits per heavy atom. The molecule has 0 spiro atoms. The Bertz CT molecular complexity index is 2110. The quantitative estimate of drug-likeness (QED) is 0.0904. The van der Waals surface area contributed by atoms with Gasteiger partial charge in [-0.2, -0.15) is 0 Å². The second-order valence-corrected chi connectivity index (χ2v) is 12.9. The number of carboxylic acid groups (broad SMARTS) is 1. The minimum Gasteiger partial charge on any atom is -0.478 e. The van der Waals surface area contributed by atoms with Crippen LogP contribution in [-0.4, -0.2) is 32.3 Å². The predicted molar refractivity (Wildman–Crippen MR) is 205 cm³/mol. The van der Waals surface area contributed by atoms with Gasteiger partial charge in [0.15, 0.2) is 0 Å². The van der Waals surface area contributed by atoms with Crippen LogP contribution in [0.15, 0.2) is 90.2 Å². The van der Waals surface area contributed by atoms with Crippen molar-refractivity contribution in [3.05, 3.63) is 128 Å². The Hall–Kier alpha value is -3.72. The van der Waals surface area contributed by atoms with Crippen molar-refractivity contribution in [1.82, 2.24) is 15.0 Å². The number of carboxylic acids is 1. The predicted octanol–water partition coefficient (Wildman–Crippen LogP) is 12.5. The first-order chi connectivity index (χ1) is 21.9. The summed E-state index contributed by atoms with van der Waals surface area (Å²) < 4.78 is 0. The highest BCUT2D eigenvalue weighted by Crippen LogP contribution is 2.30. The molecule has 0 atom stereocenters. The molecule has 3 heterocycles. The van der Waals surface area contributed by atoms with Crippen LogP contribution in [0, 0.1) is 20.8 Å². The van der Waals surface area contributed by atoms with E-state index in [1.54, 1.807) is 42.2 Å². The average Bonchev–Trinajstić information content (AvgIpc) is 3.76. The van der Waals surface area contributed by atoms with Crippen molar-refractivity contribution < 1.29 is 14.2 Å². The number of halogens is 4. The lowest BCUT2D eigenvalue weighted by Gasteiger charge is -1.98. The van der Waals surface area contributed by atoms with Gasteiger partial charge in [-0.1, -0.05) is 52.5 Å². The van der Waals surface area contributed by atoms with E-state index in [-0.39, 0.29) is 14.9 Å². The summed E-state index contributed by atoms with van der Waals surface area (Å²) in [5.41, 5.74) is 12.7. The molecular weight excluding hydrogens is 682 g/mol. The van der Waals surface area contributed by atoms with Crippen molar-refractivity contribution >= 4 is 103 Å². The van der Waals surface area contributed by atoms with Crippen molar-refractivity contribution in [3.8, 4) is 0 Å². The standard InChI is InChI=1S/C10H10ClNS.C9H6ClNO2.C9H8ClN.C7H8ClN.3H2/c1-6-3-7-9(4-8(6)11)12-5-10(7)13-2;10-7-4-8-5(1-2-11-8)3-6(7)9(12)13;1-6-4-7-2-3-11-9(7)5-8(6)10;1-5-2-3-6(9)4-7(5)8;;;/h3-5,12H,1-2H3;1-4,11H,(H,12,13);2-5,11H,1H3;2-4H,9H2,1H3;3*1H. The van der Waals surface area contributed by atoms with E-state index in [0.29, 0.717) is 5.69 Å². The van der Waals surface area contributed by atoms with Crippen molar-refractivity contribution in [1.29, 1.82) is 0 Å². The van der Waals surface area contributed by atoms with E-state index in [9.17, 15) is 4.79 Å². The number of fused-ring (bicyclic) bond motifs is 3. The summed E-state index contributed by atoms with van der Waals surface area (Å²) in [6.07, 6.45) is 7.75. The molecule has 0 amide bonds. The molecule has 11 heteroatoms. The summed E-state index contributed by atoms with van der Waals surface area (Å²) in [6, 6.07) is 20.6. The largest absolute Gasteiger partial charge is 0.478 e. The van der Waals surface area contributed by atoms with Crippen molar-refractivity contribution in [2.24, 2.45) is 0 Å². The van der Waals surface area contributed by atoms with Crippen LogP contribution in [0.2, 0.25) is 20.1 Å². The first kappa shape index (κ1) is 35.1. The van der Waals surface area contributed by atoms with Crippen LogP contribution >= 0.6 is 58.2 Å². The number of benzene rings is 4. The number of hydrogen-bond donors (Lipinski definition) is 5. The molecule has 0 aliphatic carbocycles. The summed E-state index contributed by atoms with van der Waals surface area (Å²) in [5.74, 6) is -1.01. The fourth-order valence-electron chi connectivity index (χ4n) is 4.43. The van der Waals surface area contributed by atoms with Crippen molar-refractivity contribution in [2.45, 2.75) is 25.7 Å². The topological polar surface area (TPSA) is 111 Å². The number of carbonyl (C=O) groups is 1. The molecule has 0 unspecified atom stereocenters. The van der Waals surface area contributed by atoms with E-state index in [4.69, 9.17) is 57.2 Å². The number of H-pyrrole nitrogens is 3. The summed E-state index contributed by atoms with van der Waals surface area (Å²) in [5, 5.41) is 14.7. The third-order valence-electron chi connectivity index (χ3n) is 7.04. The molecule has 0 radical (unpaired) electrons. The highest BCUT2D eigenvalue weighted by atomic mass is 35.5. The molecule has 0 saturated carbocycles. The Morgan fingerprint density at radius 3 is 1.80 bits per heavy atom. The van der Waals surface area contributed by atoms with Crippen LogP contribution in [0.25, 0.3) is 32.7 Å². The van der Waals surface area contributed by atoms with Gasteiger partial charge in [-0.3, -0.25) is 0 Å². The number of aromatic carboxylic acids is 1. The zero-order valence-corrected chi connectivity index (χ0v) is 29.3. The Labute approximate surface area is 295 Å². The lowest BCUT2D eigenvalue weighted by Crippen LogP contribution is -1.96. The maximum absolute atomic E-state index is 10.7. The second kappa shape index (κ2) is 15.7. The summed E-state index contributed by atoms with van der Waals surface area (Å²) in [6.45, 7) is 5.98. The van der Waals surface area contributed by atoms with Gasteiger partial charge in [0, 0.05) is 75.8 Å². The van der Waals surface area contributed by atoms with Crippen molar-refractivity contribution in [2.75, 3.05) is 12.0 Å². The smallest absolute Gasteiger partial charge is 0.337 e. The van der Waals surface area contributed by atoms with Crippen LogP contribution in [0.3, 0.4) is 0 Å². The number of aromatic amines is 3. The number of nitrogen functional groups attached to an aromatic ring is 1. The van der Waals surface area contributed by atoms with Crippen LogP contribution in [0.4, 0.5) is 5.69 Å². The molecule has 0 bridgehead atoms. The normalized spacial score (nSPS) is 10.5. The molecule has 0 fully saturated rings. The number of nitrogens with one attached hydrogen (secondary N) is 3. The number of aryl methyl sites for hydroxylation is 3. The molecule has 0 aliphatic rings. The zero-order valence-electron chi connectivity index (χ0n) is 25.4. The molecule has 6 nitrogen and oxygen atoms in total. The van der Waals surface area contributed by atoms with Gasteiger partial charge in [0.05, 0.1) is 10.6 Å². The maximum atomic E-state index is 10.7. The van der Waals surface area contributed by atoms with Crippen LogP contribution in [0.5, 0.6) is 0 Å². The van der Waals surface area contributed by atoms with Gasteiger partial charge in [-0.25, -0.2) is 4.79 Å². The van der Waals surface area contributed by atoms with Crippen LogP contribution in [-0.2, 0) is 0 Å². The van der Waals surface area contributed by atoms with E-state index in [1.807, 2.05) is 63.5 Å². The summed E-state index contributed by atoms with van der Waals surface area (Å²) in [7, 11) is 0. The molecule has 0 saturated heterocycles. The summed E-state index contributed by atoms with van der Waals surface area (Å²) >= 11 is 25.2. The number of anilines is 1. The third-order valence-corrected chi connectivity index (χ3v) is 9.35. The minimum atomic E-state index is -1.01. The minimum absolute atomic E-state index is 0. The summed E-state index contributed by atoms with van der Waals surface area (Å²) in [4.78, 5) is 21.2. The fraction of sp³-hybridized carbons (Fsp3) is 0.114. The average molecular weight is 721 g/mol. The lowest BCUT2D eigenvalue weighted by molar-refractivity contribution is 0.0697. The Kier molecular flexibility index (Phi) is 12.0. The number of hydrogen-bond acceptors (Lipinski definition) is 3. The van der Waals surface area contributed by atoms with Gasteiger partial charge in [0.1, 0.15) is 0 Å². The number of thioether (sulfide) groups is 1. The van der Waals surface area contributed by atoms with E-state index in [0.717, 1.165) is 53.7 Å². The van der Waals surface area contributed by atoms with Gasteiger partial charge >= 0.3 is 5.97 Å². The third kappa shape index (κ3) is 8.75. The van der Waals surface area contributed by atoms with Gasteiger partial charge in [-0.05, 0) is 110 Å². The Morgan fingerprint density at radius 2 is 1.24 bits per heavy atom. The second-order valence-electron chi connectivity index (χ2n) is 10.4. The molecule has 244 valence electrons. The lowest BCUT2D eigenvalue weighted by atomic mass is 10.1. The molecule has 3 aromatic heterocycles. The monoisotopic (exact) mass is 718 g/mol. The van der Waals surface area contributed by atoms with E-state index in [1.165, 1.54) is 15.7 Å². The first-order valence-electron chi connectivity index (χ1n) is 13.9. The molecule has 7 aromatic rings.